The zero-order valence-corrected chi connectivity index (χ0v) is 22.7. The van der Waals surface area contributed by atoms with Gasteiger partial charge >= 0.3 is 0 Å². The Bertz CT molecular complexity index is 1640. The van der Waals surface area contributed by atoms with Crippen LogP contribution in [0.2, 0.25) is 0 Å². The van der Waals surface area contributed by atoms with Gasteiger partial charge in [0.25, 0.3) is 21.4 Å². The number of nitrogens with one attached hydrogen (secondary N) is 1. The van der Waals surface area contributed by atoms with E-state index in [9.17, 15) is 28.6 Å². The van der Waals surface area contributed by atoms with Gasteiger partial charge in [0, 0.05) is 61.9 Å². The number of aromatic nitrogens is 1. The Labute approximate surface area is 233 Å². The van der Waals surface area contributed by atoms with E-state index in [0.717, 1.165) is 28.5 Å². The molecule has 1 N–H and O–H groups in total. The molecule has 1 aliphatic rings. The molecule has 12 nitrogen and oxygen atoms in total. The molecule has 0 amide bonds. The highest BCUT2D eigenvalue weighted by atomic mass is 32.2. The summed E-state index contributed by atoms with van der Waals surface area (Å²) in [6.45, 7) is 2.83. The zero-order chi connectivity index (χ0) is 28.3. The third-order valence-electron chi connectivity index (χ3n) is 6.52. The first-order chi connectivity index (χ1) is 19.2. The van der Waals surface area contributed by atoms with Gasteiger partial charge < -0.3 is 4.90 Å². The van der Waals surface area contributed by atoms with E-state index in [1.807, 2.05) is 35.2 Å². The summed E-state index contributed by atoms with van der Waals surface area (Å²) in [6, 6.07) is 19.6. The number of nitrogens with zero attached hydrogens (tertiary/aromatic N) is 5. The number of nitro benzene ring substituents is 2. The first kappa shape index (κ1) is 27.2. The molecule has 5 rings (SSSR count). The minimum absolute atomic E-state index is 0.0325. The Morgan fingerprint density at radius 3 is 2.25 bits per heavy atom. The number of nitro groups is 2. The number of hydrogen-bond donors (Lipinski definition) is 1. The molecular formula is C26H24N6O6S2. The van der Waals surface area contributed by atoms with Crippen molar-refractivity contribution >= 4 is 43.6 Å². The third kappa shape index (κ3) is 6.09. The summed E-state index contributed by atoms with van der Waals surface area (Å²) < 4.78 is 28.5. The SMILES string of the molecule is O=[N+]([O-])c1ccc(CN2CCN(c3ccc(S(=O)(=O)Nc4nc(-c5ccccc5)cs4)cc3[N+](=O)[O-])CC2)cc1. The Hall–Kier alpha value is -4.40. The lowest BCUT2D eigenvalue weighted by Gasteiger charge is -2.35. The molecule has 1 aliphatic heterocycles. The normalized spacial score (nSPS) is 14.2. The van der Waals surface area contributed by atoms with Crippen molar-refractivity contribution < 1.29 is 18.3 Å². The first-order valence-electron chi connectivity index (χ1n) is 12.2. The molecule has 40 heavy (non-hydrogen) atoms. The zero-order valence-electron chi connectivity index (χ0n) is 21.0. The summed E-state index contributed by atoms with van der Waals surface area (Å²) in [4.78, 5) is 29.9. The quantitative estimate of drug-likeness (QED) is 0.218. The lowest BCUT2D eigenvalue weighted by atomic mass is 10.1. The molecule has 0 aliphatic carbocycles. The fourth-order valence-corrected chi connectivity index (χ4v) is 6.44. The maximum atomic E-state index is 13.1. The number of sulfonamides is 1. The molecule has 14 heteroatoms. The van der Waals surface area contributed by atoms with Gasteiger partial charge in [-0.15, -0.1) is 11.3 Å². The van der Waals surface area contributed by atoms with Crippen LogP contribution in [-0.2, 0) is 16.6 Å². The Morgan fingerprint density at radius 2 is 1.60 bits per heavy atom. The largest absolute Gasteiger partial charge is 0.363 e. The second-order valence-electron chi connectivity index (χ2n) is 9.10. The highest BCUT2D eigenvalue weighted by molar-refractivity contribution is 7.93. The van der Waals surface area contributed by atoms with Crippen molar-refractivity contribution in [3.63, 3.8) is 0 Å². The molecule has 4 aromatic rings. The summed E-state index contributed by atoms with van der Waals surface area (Å²) in [5.41, 5.74) is 2.48. The fourth-order valence-electron chi connectivity index (χ4n) is 4.45. The van der Waals surface area contributed by atoms with Gasteiger partial charge in [0.1, 0.15) is 5.69 Å². The summed E-state index contributed by atoms with van der Waals surface area (Å²) in [5, 5.41) is 24.7. The summed E-state index contributed by atoms with van der Waals surface area (Å²) >= 11 is 1.13. The molecular weight excluding hydrogens is 556 g/mol. The monoisotopic (exact) mass is 580 g/mol. The van der Waals surface area contributed by atoms with Crippen molar-refractivity contribution in [1.29, 1.82) is 0 Å². The first-order valence-corrected chi connectivity index (χ1v) is 14.6. The summed E-state index contributed by atoms with van der Waals surface area (Å²) in [5.74, 6) is 0. The van der Waals surface area contributed by atoms with Crippen LogP contribution in [0.1, 0.15) is 5.56 Å². The molecule has 2 heterocycles. The molecule has 1 fully saturated rings. The molecule has 1 saturated heterocycles. The summed E-state index contributed by atoms with van der Waals surface area (Å²) in [6.07, 6.45) is 0. The van der Waals surface area contributed by atoms with Crippen LogP contribution < -0.4 is 9.62 Å². The number of piperazine rings is 1. The standard InChI is InChI=1S/C26H24N6O6S2/c33-31(34)21-8-6-19(7-9-21)17-29-12-14-30(15-13-29)24-11-10-22(16-25(24)32(35)36)40(37,38)28-26-27-23(18-39-26)20-4-2-1-3-5-20/h1-11,16,18H,12-15,17H2,(H,27,28). The van der Waals surface area contributed by atoms with Gasteiger partial charge in [0.05, 0.1) is 20.4 Å². The van der Waals surface area contributed by atoms with E-state index in [2.05, 4.69) is 14.6 Å². The van der Waals surface area contributed by atoms with Crippen LogP contribution in [0.5, 0.6) is 0 Å². The van der Waals surface area contributed by atoms with Crippen LogP contribution in [-0.4, -0.2) is 54.3 Å². The van der Waals surface area contributed by atoms with Crippen LogP contribution >= 0.6 is 11.3 Å². The fraction of sp³-hybridized carbons (Fsp3) is 0.192. The Kier molecular flexibility index (Phi) is 7.73. The molecule has 0 saturated carbocycles. The van der Waals surface area contributed by atoms with Gasteiger partial charge in [0.2, 0.25) is 0 Å². The smallest absolute Gasteiger partial charge is 0.293 e. The van der Waals surface area contributed by atoms with E-state index in [4.69, 9.17) is 0 Å². The van der Waals surface area contributed by atoms with Crippen LogP contribution in [0.4, 0.5) is 22.2 Å². The lowest BCUT2D eigenvalue weighted by Crippen LogP contribution is -2.46. The van der Waals surface area contributed by atoms with E-state index < -0.39 is 19.9 Å². The number of hydrogen-bond acceptors (Lipinski definition) is 10. The van der Waals surface area contributed by atoms with Crippen molar-refractivity contribution in [2.75, 3.05) is 35.8 Å². The molecule has 1 aromatic heterocycles. The highest BCUT2D eigenvalue weighted by Gasteiger charge is 2.27. The van der Waals surface area contributed by atoms with Crippen molar-refractivity contribution in [1.82, 2.24) is 9.88 Å². The molecule has 0 bridgehead atoms. The third-order valence-corrected chi connectivity index (χ3v) is 8.74. The van der Waals surface area contributed by atoms with Crippen molar-refractivity contribution in [3.05, 3.63) is 104 Å². The van der Waals surface area contributed by atoms with E-state index in [1.165, 1.54) is 24.3 Å². The highest BCUT2D eigenvalue weighted by Crippen LogP contribution is 2.33. The Morgan fingerprint density at radius 1 is 0.900 bits per heavy atom. The molecule has 0 unspecified atom stereocenters. The van der Waals surface area contributed by atoms with Gasteiger partial charge in [-0.25, -0.2) is 13.4 Å². The Balaban J connectivity index is 1.27. The number of thiazole rings is 1. The number of benzene rings is 3. The second-order valence-corrected chi connectivity index (χ2v) is 11.6. The maximum absolute atomic E-state index is 13.1. The number of anilines is 2. The minimum atomic E-state index is -4.11. The molecule has 206 valence electrons. The molecule has 3 aromatic carbocycles. The van der Waals surface area contributed by atoms with E-state index >= 15 is 0 Å². The predicted octanol–water partition coefficient (Wildman–Crippen LogP) is 4.75. The lowest BCUT2D eigenvalue weighted by molar-refractivity contribution is -0.384. The van der Waals surface area contributed by atoms with Crippen molar-refractivity contribution in [2.45, 2.75) is 11.4 Å². The van der Waals surface area contributed by atoms with Crippen LogP contribution in [0.15, 0.2) is 83.1 Å². The van der Waals surface area contributed by atoms with Crippen LogP contribution in [0.25, 0.3) is 11.3 Å². The van der Waals surface area contributed by atoms with Gasteiger partial charge in [-0.1, -0.05) is 42.5 Å². The average molecular weight is 581 g/mol. The second kappa shape index (κ2) is 11.4. The van der Waals surface area contributed by atoms with Gasteiger partial charge in [0.15, 0.2) is 5.13 Å². The van der Waals surface area contributed by atoms with Crippen LogP contribution in [0.3, 0.4) is 0 Å². The number of non-ortho nitro benzene ring substituents is 1. The predicted molar refractivity (Wildman–Crippen MR) is 152 cm³/mol. The van der Waals surface area contributed by atoms with Crippen molar-refractivity contribution in [3.8, 4) is 11.3 Å². The summed E-state index contributed by atoms with van der Waals surface area (Å²) in [7, 11) is -4.11. The van der Waals surface area contributed by atoms with E-state index in [0.29, 0.717) is 44.1 Å². The van der Waals surface area contributed by atoms with Gasteiger partial charge in [-0.05, 0) is 17.7 Å². The minimum Gasteiger partial charge on any atom is -0.363 e. The number of rotatable bonds is 9. The molecule has 0 spiro atoms. The molecule has 0 atom stereocenters. The van der Waals surface area contributed by atoms with Crippen molar-refractivity contribution in [2.24, 2.45) is 0 Å². The average Bonchev–Trinajstić information content (AvgIpc) is 3.41. The molecule has 0 radical (unpaired) electrons. The van der Waals surface area contributed by atoms with Gasteiger partial charge in [-0.3, -0.25) is 29.9 Å². The van der Waals surface area contributed by atoms with E-state index in [-0.39, 0.29) is 21.4 Å². The van der Waals surface area contributed by atoms with Crippen LogP contribution in [0, 0.1) is 20.2 Å². The van der Waals surface area contributed by atoms with Gasteiger partial charge in [-0.2, -0.15) is 0 Å². The van der Waals surface area contributed by atoms with E-state index in [1.54, 1.807) is 17.5 Å². The maximum Gasteiger partial charge on any atom is 0.293 e. The topological polar surface area (TPSA) is 152 Å².